The average Bonchev–Trinajstić information content (AvgIpc) is 2.66. The smallest absolute Gasteiger partial charge is 0.342 e. The quantitative estimate of drug-likeness (QED) is 0.592. The van der Waals surface area contributed by atoms with E-state index in [0.29, 0.717) is 17.1 Å². The Morgan fingerprint density at radius 3 is 2.46 bits per heavy atom. The molecule has 0 aliphatic carbocycles. The van der Waals surface area contributed by atoms with Crippen molar-refractivity contribution in [2.75, 3.05) is 0 Å². The third-order valence-electron chi connectivity index (χ3n) is 4.05. The fourth-order valence-electron chi connectivity index (χ4n) is 2.76. The SMILES string of the molecule is CCn1cc(Oc2ccccc2F)c(=O)c(C(=O)O)c1-c1ccc(Cl)c(Cl)c1. The molecule has 0 bridgehead atoms. The number of pyridine rings is 1. The fourth-order valence-corrected chi connectivity index (χ4v) is 3.06. The number of benzene rings is 2. The minimum Gasteiger partial charge on any atom is -0.477 e. The summed E-state index contributed by atoms with van der Waals surface area (Å²) in [4.78, 5) is 24.7. The second-order valence-electron chi connectivity index (χ2n) is 5.80. The summed E-state index contributed by atoms with van der Waals surface area (Å²) in [6.45, 7) is 2.09. The lowest BCUT2D eigenvalue weighted by Crippen LogP contribution is -2.22. The average molecular weight is 422 g/mol. The van der Waals surface area contributed by atoms with Gasteiger partial charge in [0.15, 0.2) is 17.3 Å². The molecule has 0 spiro atoms. The molecular weight excluding hydrogens is 408 g/mol. The van der Waals surface area contributed by atoms with Crippen LogP contribution in [0.4, 0.5) is 4.39 Å². The summed E-state index contributed by atoms with van der Waals surface area (Å²) >= 11 is 12.0. The molecular formula is C20H14Cl2FNO4. The first-order valence-corrected chi connectivity index (χ1v) is 8.97. The normalized spacial score (nSPS) is 10.7. The van der Waals surface area contributed by atoms with E-state index in [9.17, 15) is 19.1 Å². The van der Waals surface area contributed by atoms with Gasteiger partial charge < -0.3 is 14.4 Å². The molecule has 0 unspecified atom stereocenters. The molecule has 144 valence electrons. The Kier molecular flexibility index (Phi) is 5.72. The number of para-hydroxylation sites is 1. The lowest BCUT2D eigenvalue weighted by atomic mass is 10.0. The number of rotatable bonds is 5. The van der Waals surface area contributed by atoms with Crippen molar-refractivity contribution in [1.29, 1.82) is 0 Å². The first-order valence-electron chi connectivity index (χ1n) is 8.22. The topological polar surface area (TPSA) is 68.5 Å². The third-order valence-corrected chi connectivity index (χ3v) is 4.79. The molecule has 0 fully saturated rings. The van der Waals surface area contributed by atoms with E-state index in [2.05, 4.69) is 0 Å². The van der Waals surface area contributed by atoms with Gasteiger partial charge in [0.25, 0.3) is 0 Å². The maximum Gasteiger partial charge on any atom is 0.342 e. The van der Waals surface area contributed by atoms with Crippen LogP contribution in [0.25, 0.3) is 11.3 Å². The van der Waals surface area contributed by atoms with Crippen molar-refractivity contribution in [3.8, 4) is 22.8 Å². The van der Waals surface area contributed by atoms with Crippen LogP contribution in [-0.4, -0.2) is 15.6 Å². The fraction of sp³-hybridized carbons (Fsp3) is 0.100. The Labute approximate surface area is 169 Å². The molecule has 0 aliphatic rings. The zero-order chi connectivity index (χ0) is 20.4. The largest absolute Gasteiger partial charge is 0.477 e. The van der Waals surface area contributed by atoms with E-state index in [1.165, 1.54) is 41.1 Å². The number of carbonyl (C=O) groups is 1. The summed E-state index contributed by atoms with van der Waals surface area (Å²) < 4.78 is 20.8. The summed E-state index contributed by atoms with van der Waals surface area (Å²) in [6.07, 6.45) is 1.35. The van der Waals surface area contributed by atoms with E-state index in [-0.39, 0.29) is 22.2 Å². The van der Waals surface area contributed by atoms with Crippen molar-refractivity contribution in [2.24, 2.45) is 0 Å². The molecule has 5 nitrogen and oxygen atoms in total. The van der Waals surface area contributed by atoms with Crippen LogP contribution in [0.1, 0.15) is 17.3 Å². The van der Waals surface area contributed by atoms with E-state index >= 15 is 0 Å². The van der Waals surface area contributed by atoms with Crippen LogP contribution in [0, 0.1) is 5.82 Å². The van der Waals surface area contributed by atoms with Crippen LogP contribution in [0.15, 0.2) is 53.5 Å². The van der Waals surface area contributed by atoms with Gasteiger partial charge in [-0.2, -0.15) is 0 Å². The maximum atomic E-state index is 13.9. The number of aryl methyl sites for hydroxylation is 1. The Bertz CT molecular complexity index is 1130. The highest BCUT2D eigenvalue weighted by molar-refractivity contribution is 6.42. The summed E-state index contributed by atoms with van der Waals surface area (Å²) in [5.41, 5.74) is -0.821. The molecule has 0 amide bonds. The molecule has 0 radical (unpaired) electrons. The summed E-state index contributed by atoms with van der Waals surface area (Å²) in [5.74, 6) is -2.59. The van der Waals surface area contributed by atoms with Crippen LogP contribution in [0.2, 0.25) is 10.0 Å². The van der Waals surface area contributed by atoms with Gasteiger partial charge in [-0.25, -0.2) is 9.18 Å². The number of aromatic carboxylic acids is 1. The minimum atomic E-state index is -1.44. The molecule has 1 N–H and O–H groups in total. The van der Waals surface area contributed by atoms with Crippen molar-refractivity contribution >= 4 is 29.2 Å². The Hall–Kier alpha value is -2.83. The molecule has 28 heavy (non-hydrogen) atoms. The zero-order valence-corrected chi connectivity index (χ0v) is 16.1. The molecule has 3 rings (SSSR count). The molecule has 3 aromatic rings. The Morgan fingerprint density at radius 2 is 1.86 bits per heavy atom. The Morgan fingerprint density at radius 1 is 1.14 bits per heavy atom. The summed E-state index contributed by atoms with van der Waals surface area (Å²) in [5, 5.41) is 10.2. The number of carboxylic acids is 1. The van der Waals surface area contributed by atoms with Gasteiger partial charge in [0.05, 0.1) is 21.9 Å². The van der Waals surface area contributed by atoms with Gasteiger partial charge in [-0.05, 0) is 31.2 Å². The van der Waals surface area contributed by atoms with Crippen LogP contribution >= 0.6 is 23.2 Å². The molecule has 0 saturated carbocycles. The highest BCUT2D eigenvalue weighted by Gasteiger charge is 2.24. The van der Waals surface area contributed by atoms with Gasteiger partial charge in [-0.3, -0.25) is 4.79 Å². The number of ether oxygens (including phenoxy) is 1. The first-order chi connectivity index (χ1) is 13.3. The van der Waals surface area contributed by atoms with Crippen LogP contribution in [-0.2, 0) is 6.54 Å². The number of halogens is 3. The van der Waals surface area contributed by atoms with Gasteiger partial charge in [-0.1, -0.05) is 41.4 Å². The highest BCUT2D eigenvalue weighted by Crippen LogP contribution is 2.31. The van der Waals surface area contributed by atoms with E-state index < -0.39 is 22.8 Å². The number of hydrogen-bond donors (Lipinski definition) is 1. The number of hydrogen-bond acceptors (Lipinski definition) is 3. The van der Waals surface area contributed by atoms with E-state index in [1.807, 2.05) is 0 Å². The van der Waals surface area contributed by atoms with Crippen molar-refractivity contribution in [3.05, 3.63) is 80.3 Å². The monoisotopic (exact) mass is 421 g/mol. The molecule has 8 heteroatoms. The van der Waals surface area contributed by atoms with Crippen LogP contribution < -0.4 is 10.2 Å². The second-order valence-corrected chi connectivity index (χ2v) is 6.61. The van der Waals surface area contributed by atoms with E-state index in [0.717, 1.165) is 0 Å². The van der Waals surface area contributed by atoms with Crippen LogP contribution in [0.5, 0.6) is 11.5 Å². The molecule has 1 heterocycles. The van der Waals surface area contributed by atoms with Crippen molar-refractivity contribution in [1.82, 2.24) is 4.57 Å². The van der Waals surface area contributed by atoms with Gasteiger partial charge in [0.1, 0.15) is 5.56 Å². The third kappa shape index (κ3) is 3.74. The standard InChI is InChI=1S/C20H14Cl2FNO4/c1-2-24-10-16(28-15-6-4-3-5-14(15)23)19(25)17(20(26)27)18(24)11-7-8-12(21)13(22)9-11/h3-10H,2H2,1H3,(H,26,27). The van der Waals surface area contributed by atoms with Crippen molar-refractivity contribution < 1.29 is 19.0 Å². The maximum absolute atomic E-state index is 13.9. The lowest BCUT2D eigenvalue weighted by molar-refractivity contribution is 0.0695. The minimum absolute atomic E-state index is 0.152. The predicted octanol–water partition coefficient (Wildman–Crippen LogP) is 5.47. The lowest BCUT2D eigenvalue weighted by Gasteiger charge is -2.17. The predicted molar refractivity (Wildman–Crippen MR) is 105 cm³/mol. The van der Waals surface area contributed by atoms with Crippen LogP contribution in [0.3, 0.4) is 0 Å². The van der Waals surface area contributed by atoms with E-state index in [1.54, 1.807) is 19.1 Å². The summed E-state index contributed by atoms with van der Waals surface area (Å²) in [6, 6.07) is 10.1. The van der Waals surface area contributed by atoms with E-state index in [4.69, 9.17) is 27.9 Å². The molecule has 2 aromatic carbocycles. The van der Waals surface area contributed by atoms with Gasteiger partial charge in [0.2, 0.25) is 5.43 Å². The Balaban J connectivity index is 2.25. The van der Waals surface area contributed by atoms with Gasteiger partial charge in [-0.15, -0.1) is 0 Å². The first kappa shape index (κ1) is 19.9. The van der Waals surface area contributed by atoms with Crippen molar-refractivity contribution in [2.45, 2.75) is 13.5 Å². The second kappa shape index (κ2) is 8.04. The zero-order valence-electron chi connectivity index (χ0n) is 14.6. The molecule has 1 aromatic heterocycles. The number of carboxylic acid groups (broad SMARTS) is 1. The van der Waals surface area contributed by atoms with Crippen molar-refractivity contribution in [3.63, 3.8) is 0 Å². The van der Waals surface area contributed by atoms with Gasteiger partial charge >= 0.3 is 5.97 Å². The van der Waals surface area contributed by atoms with Gasteiger partial charge in [0, 0.05) is 12.1 Å². The molecule has 0 saturated heterocycles. The summed E-state index contributed by atoms with van der Waals surface area (Å²) in [7, 11) is 0. The molecule has 0 atom stereocenters. The number of aromatic nitrogens is 1. The molecule has 0 aliphatic heterocycles. The highest BCUT2D eigenvalue weighted by atomic mass is 35.5. The number of nitrogens with zero attached hydrogens (tertiary/aromatic N) is 1.